The Labute approximate surface area is 128 Å². The summed E-state index contributed by atoms with van der Waals surface area (Å²) in [4.78, 5) is 2.40. The summed E-state index contributed by atoms with van der Waals surface area (Å²) in [7, 11) is -1.29. The maximum absolute atomic E-state index is 12.2. The highest BCUT2D eigenvalue weighted by molar-refractivity contribution is 9.10. The van der Waals surface area contributed by atoms with E-state index in [1.165, 1.54) is 0 Å². The van der Waals surface area contributed by atoms with Gasteiger partial charge in [-0.3, -0.25) is 0 Å². The molecule has 1 saturated carbocycles. The summed E-state index contributed by atoms with van der Waals surface area (Å²) in [6, 6.07) is 6.74. The number of benzene rings is 1. The molecule has 4 nitrogen and oxygen atoms in total. The van der Waals surface area contributed by atoms with E-state index < -0.39 is 9.84 Å². The molecule has 0 aliphatic heterocycles. The highest BCUT2D eigenvalue weighted by Gasteiger charge is 2.28. The predicted octanol–water partition coefficient (Wildman–Crippen LogP) is 1.93. The van der Waals surface area contributed by atoms with Gasteiger partial charge in [0.15, 0.2) is 9.84 Å². The van der Waals surface area contributed by atoms with Gasteiger partial charge in [-0.15, -0.1) is 0 Å². The molecule has 1 aliphatic carbocycles. The molecule has 0 aromatic heterocycles. The lowest BCUT2D eigenvalue weighted by Crippen LogP contribution is -2.38. The Morgan fingerprint density at radius 3 is 2.45 bits per heavy atom. The van der Waals surface area contributed by atoms with E-state index >= 15 is 0 Å². The third kappa shape index (κ3) is 4.28. The Balaban J connectivity index is 1.84. The van der Waals surface area contributed by atoms with Crippen LogP contribution in [-0.2, 0) is 9.84 Å². The van der Waals surface area contributed by atoms with Crippen LogP contribution in [0.15, 0.2) is 33.6 Å². The second-order valence-corrected chi connectivity index (χ2v) is 8.55. The molecule has 0 unspecified atom stereocenters. The first-order valence-corrected chi connectivity index (χ1v) is 9.16. The molecule has 1 aromatic rings. The minimum absolute atomic E-state index is 0.125. The lowest BCUT2D eigenvalue weighted by molar-refractivity contribution is 0.0291. The Morgan fingerprint density at radius 2 is 1.90 bits per heavy atom. The lowest BCUT2D eigenvalue weighted by atomic mass is 9.82. The maximum atomic E-state index is 12.2. The van der Waals surface area contributed by atoms with Crippen LogP contribution >= 0.6 is 15.9 Å². The lowest BCUT2D eigenvalue weighted by Gasteiger charge is -2.34. The molecule has 0 amide bonds. The Bertz CT molecular complexity index is 538. The fraction of sp³-hybridized carbons (Fsp3) is 0.571. The summed E-state index contributed by atoms with van der Waals surface area (Å²) in [6.07, 6.45) is 1.52. The molecule has 0 saturated heterocycles. The average Bonchev–Trinajstić information content (AvgIpc) is 2.35. The summed E-state index contributed by atoms with van der Waals surface area (Å²) in [5, 5.41) is 9.24. The van der Waals surface area contributed by atoms with Crippen LogP contribution in [-0.4, -0.2) is 50.4 Å². The average molecular weight is 362 g/mol. The number of halogens is 1. The van der Waals surface area contributed by atoms with Gasteiger partial charge in [0, 0.05) is 17.6 Å². The zero-order valence-electron chi connectivity index (χ0n) is 11.5. The van der Waals surface area contributed by atoms with Gasteiger partial charge in [-0.1, -0.05) is 15.9 Å². The molecule has 0 radical (unpaired) electrons. The normalized spacial score (nSPS) is 22.8. The molecule has 6 heteroatoms. The van der Waals surface area contributed by atoms with Crippen molar-refractivity contribution in [3.05, 3.63) is 28.7 Å². The van der Waals surface area contributed by atoms with Crippen molar-refractivity contribution < 1.29 is 13.5 Å². The fourth-order valence-electron chi connectivity index (χ4n) is 2.42. The number of aliphatic hydroxyl groups excluding tert-OH is 1. The molecule has 1 aliphatic rings. The minimum atomic E-state index is -3.22. The van der Waals surface area contributed by atoms with Crippen LogP contribution in [0.25, 0.3) is 0 Å². The quantitative estimate of drug-likeness (QED) is 0.840. The van der Waals surface area contributed by atoms with E-state index in [-0.39, 0.29) is 11.9 Å². The van der Waals surface area contributed by atoms with Crippen molar-refractivity contribution in [2.45, 2.75) is 23.8 Å². The van der Waals surface area contributed by atoms with E-state index in [1.54, 1.807) is 24.3 Å². The van der Waals surface area contributed by atoms with Crippen LogP contribution < -0.4 is 0 Å². The summed E-state index contributed by atoms with van der Waals surface area (Å²) in [5.41, 5.74) is 0. The van der Waals surface area contributed by atoms with Crippen LogP contribution in [0.1, 0.15) is 12.8 Å². The third-order valence-electron chi connectivity index (χ3n) is 3.70. The number of aliphatic hydroxyl groups is 1. The zero-order valence-corrected chi connectivity index (χ0v) is 13.9. The standard InChI is InChI=1S/C14H20BrNO3S/c1-16(10-11-8-13(17)9-11)6-7-20(18,19)14-4-2-12(15)3-5-14/h2-5,11,13,17H,6-10H2,1H3. The molecule has 1 N–H and O–H groups in total. The van der Waals surface area contributed by atoms with Crippen molar-refractivity contribution in [2.24, 2.45) is 5.92 Å². The van der Waals surface area contributed by atoms with Crippen LogP contribution in [0.2, 0.25) is 0 Å². The second-order valence-electron chi connectivity index (χ2n) is 5.53. The smallest absolute Gasteiger partial charge is 0.179 e. The highest BCUT2D eigenvalue weighted by atomic mass is 79.9. The zero-order chi connectivity index (χ0) is 14.8. The van der Waals surface area contributed by atoms with E-state index in [9.17, 15) is 13.5 Å². The summed E-state index contributed by atoms with van der Waals surface area (Å²) < 4.78 is 25.2. The highest BCUT2D eigenvalue weighted by Crippen LogP contribution is 2.27. The summed E-state index contributed by atoms with van der Waals surface area (Å²) >= 11 is 3.30. The van der Waals surface area contributed by atoms with Crippen molar-refractivity contribution in [1.82, 2.24) is 4.90 Å². The van der Waals surface area contributed by atoms with Gasteiger partial charge in [0.1, 0.15) is 0 Å². The summed E-state index contributed by atoms with van der Waals surface area (Å²) in [5.74, 6) is 0.630. The molecule has 2 rings (SSSR count). The van der Waals surface area contributed by atoms with Gasteiger partial charge in [0.2, 0.25) is 0 Å². The first-order valence-electron chi connectivity index (χ1n) is 6.72. The predicted molar refractivity (Wildman–Crippen MR) is 82.4 cm³/mol. The first kappa shape index (κ1) is 15.9. The fourth-order valence-corrected chi connectivity index (χ4v) is 4.02. The summed E-state index contributed by atoms with van der Waals surface area (Å²) in [6.45, 7) is 1.37. The minimum Gasteiger partial charge on any atom is -0.393 e. The van der Waals surface area contributed by atoms with Crippen LogP contribution in [0.4, 0.5) is 0 Å². The number of sulfone groups is 1. The monoisotopic (exact) mass is 361 g/mol. The van der Waals surface area contributed by atoms with Gasteiger partial charge >= 0.3 is 0 Å². The molecule has 0 spiro atoms. The first-order chi connectivity index (χ1) is 9.37. The third-order valence-corrected chi connectivity index (χ3v) is 5.93. The number of rotatable bonds is 6. The largest absolute Gasteiger partial charge is 0.393 e. The van der Waals surface area contributed by atoms with E-state index in [2.05, 4.69) is 15.9 Å². The van der Waals surface area contributed by atoms with Crippen molar-refractivity contribution in [2.75, 3.05) is 25.9 Å². The van der Waals surface area contributed by atoms with E-state index in [0.717, 1.165) is 23.9 Å². The van der Waals surface area contributed by atoms with E-state index in [4.69, 9.17) is 0 Å². The SMILES string of the molecule is CN(CCS(=O)(=O)c1ccc(Br)cc1)CC1CC(O)C1. The molecule has 112 valence electrons. The molecule has 0 atom stereocenters. The van der Waals surface area contributed by atoms with Crippen molar-refractivity contribution in [3.8, 4) is 0 Å². The molecular weight excluding hydrogens is 342 g/mol. The van der Waals surface area contributed by atoms with Crippen molar-refractivity contribution in [3.63, 3.8) is 0 Å². The molecule has 1 aromatic carbocycles. The van der Waals surface area contributed by atoms with Gasteiger partial charge in [-0.05, 0) is 50.1 Å². The second kappa shape index (κ2) is 6.56. The van der Waals surface area contributed by atoms with Gasteiger partial charge in [0.25, 0.3) is 0 Å². The van der Waals surface area contributed by atoms with Gasteiger partial charge in [-0.2, -0.15) is 0 Å². The molecule has 20 heavy (non-hydrogen) atoms. The molecular formula is C14H20BrNO3S. The van der Waals surface area contributed by atoms with Crippen molar-refractivity contribution >= 4 is 25.8 Å². The Kier molecular flexibility index (Phi) is 5.23. The molecule has 1 fully saturated rings. The molecule has 0 heterocycles. The van der Waals surface area contributed by atoms with Gasteiger partial charge in [-0.25, -0.2) is 8.42 Å². The van der Waals surface area contributed by atoms with E-state index in [1.807, 2.05) is 11.9 Å². The Morgan fingerprint density at radius 1 is 1.30 bits per heavy atom. The van der Waals surface area contributed by atoms with Crippen molar-refractivity contribution in [1.29, 1.82) is 0 Å². The Hall–Kier alpha value is -0.430. The van der Waals surface area contributed by atoms with Crippen LogP contribution in [0.5, 0.6) is 0 Å². The topological polar surface area (TPSA) is 57.6 Å². The van der Waals surface area contributed by atoms with Gasteiger partial charge < -0.3 is 10.0 Å². The number of nitrogens with zero attached hydrogens (tertiary/aromatic N) is 1. The van der Waals surface area contributed by atoms with Crippen LogP contribution in [0.3, 0.4) is 0 Å². The van der Waals surface area contributed by atoms with Gasteiger partial charge in [0.05, 0.1) is 16.8 Å². The van der Waals surface area contributed by atoms with Crippen LogP contribution in [0, 0.1) is 5.92 Å². The number of hydrogen-bond acceptors (Lipinski definition) is 4. The maximum Gasteiger partial charge on any atom is 0.179 e. The number of hydrogen-bond donors (Lipinski definition) is 1. The molecule has 0 bridgehead atoms. The van der Waals surface area contributed by atoms with E-state index in [0.29, 0.717) is 17.4 Å².